The Morgan fingerprint density at radius 1 is 1.31 bits per heavy atom. The van der Waals surface area contributed by atoms with Crippen molar-refractivity contribution in [2.24, 2.45) is 10.4 Å². The van der Waals surface area contributed by atoms with E-state index in [0.29, 0.717) is 6.54 Å². The maximum Gasteiger partial charge on any atom is 0.422 e. The van der Waals surface area contributed by atoms with Crippen LogP contribution in [0.4, 0.5) is 13.2 Å². The van der Waals surface area contributed by atoms with E-state index in [4.69, 9.17) is 9.47 Å². The number of hydrogen-bond acceptors (Lipinski definition) is 3. The molecule has 0 radical (unpaired) electrons. The Labute approximate surface area is 151 Å². The second kappa shape index (κ2) is 7.73. The van der Waals surface area contributed by atoms with E-state index < -0.39 is 12.8 Å². The zero-order valence-electron chi connectivity index (χ0n) is 14.8. The van der Waals surface area contributed by atoms with E-state index in [0.717, 1.165) is 50.7 Å². The number of benzene rings is 1. The van der Waals surface area contributed by atoms with Gasteiger partial charge < -0.3 is 19.7 Å². The van der Waals surface area contributed by atoms with Crippen LogP contribution in [0.3, 0.4) is 0 Å². The summed E-state index contributed by atoms with van der Waals surface area (Å²) in [5.41, 5.74) is 1.21. The van der Waals surface area contributed by atoms with Crippen LogP contribution in [0.1, 0.15) is 18.4 Å². The highest BCUT2D eigenvalue weighted by Crippen LogP contribution is 2.38. The van der Waals surface area contributed by atoms with Crippen molar-refractivity contribution in [1.29, 1.82) is 0 Å². The SMILES string of the molecule is CN=C(NCc1ccc(OCC(F)(F)F)cc1)N1CCC2(CCOC2)C1. The fourth-order valence-corrected chi connectivity index (χ4v) is 3.47. The minimum atomic E-state index is -4.33. The van der Waals surface area contributed by atoms with Gasteiger partial charge in [0.15, 0.2) is 12.6 Å². The molecule has 0 aliphatic carbocycles. The second-order valence-corrected chi connectivity index (χ2v) is 6.92. The van der Waals surface area contributed by atoms with Crippen molar-refractivity contribution in [3.8, 4) is 5.75 Å². The average Bonchev–Trinajstić information content (AvgIpc) is 3.24. The summed E-state index contributed by atoms with van der Waals surface area (Å²) in [6.45, 7) is 2.82. The average molecular weight is 371 g/mol. The summed E-state index contributed by atoms with van der Waals surface area (Å²) in [4.78, 5) is 6.60. The van der Waals surface area contributed by atoms with Crippen molar-refractivity contribution in [2.45, 2.75) is 25.6 Å². The number of halogens is 3. The second-order valence-electron chi connectivity index (χ2n) is 6.92. The smallest absolute Gasteiger partial charge is 0.422 e. The molecule has 26 heavy (non-hydrogen) atoms. The normalized spacial score (nSPS) is 23.7. The number of nitrogens with one attached hydrogen (secondary N) is 1. The van der Waals surface area contributed by atoms with E-state index in [-0.39, 0.29) is 11.2 Å². The van der Waals surface area contributed by atoms with Gasteiger partial charge >= 0.3 is 6.18 Å². The Morgan fingerprint density at radius 2 is 2.08 bits per heavy atom. The van der Waals surface area contributed by atoms with Gasteiger partial charge in [-0.2, -0.15) is 13.2 Å². The first kappa shape index (κ1) is 18.8. The lowest BCUT2D eigenvalue weighted by atomic mass is 9.87. The Morgan fingerprint density at radius 3 is 2.69 bits per heavy atom. The molecule has 2 aliphatic rings. The lowest BCUT2D eigenvalue weighted by Crippen LogP contribution is -2.41. The molecule has 0 aromatic heterocycles. The number of hydrogen-bond donors (Lipinski definition) is 1. The van der Waals surface area contributed by atoms with Crippen molar-refractivity contribution < 1.29 is 22.6 Å². The van der Waals surface area contributed by atoms with Gasteiger partial charge in [0.05, 0.1) is 6.61 Å². The van der Waals surface area contributed by atoms with Gasteiger partial charge in [-0.25, -0.2) is 0 Å². The molecular weight excluding hydrogens is 347 g/mol. The van der Waals surface area contributed by atoms with Crippen molar-refractivity contribution in [3.05, 3.63) is 29.8 Å². The maximum absolute atomic E-state index is 12.2. The van der Waals surface area contributed by atoms with Crippen LogP contribution in [0.15, 0.2) is 29.3 Å². The molecule has 0 amide bonds. The quantitative estimate of drug-likeness (QED) is 0.653. The van der Waals surface area contributed by atoms with Crippen LogP contribution in [0, 0.1) is 5.41 Å². The van der Waals surface area contributed by atoms with Gasteiger partial charge in [0, 0.05) is 38.7 Å². The highest BCUT2D eigenvalue weighted by molar-refractivity contribution is 5.80. The van der Waals surface area contributed by atoms with Crippen LogP contribution in [0.5, 0.6) is 5.75 Å². The number of ether oxygens (including phenoxy) is 2. The number of aliphatic imine (C=N–C) groups is 1. The monoisotopic (exact) mass is 371 g/mol. The zero-order chi connectivity index (χ0) is 18.6. The summed E-state index contributed by atoms with van der Waals surface area (Å²) < 4.78 is 46.8. The standard InChI is InChI=1S/C18H24F3N3O2/c1-22-16(24-8-6-17(11-24)7-9-25-12-17)23-10-14-2-4-15(5-3-14)26-13-18(19,20)21/h2-5H,6-13H2,1H3,(H,22,23). The maximum atomic E-state index is 12.2. The number of likely N-dealkylation sites (tertiary alicyclic amines) is 1. The lowest BCUT2D eigenvalue weighted by Gasteiger charge is -2.25. The molecule has 1 aromatic carbocycles. The fourth-order valence-electron chi connectivity index (χ4n) is 3.47. The van der Waals surface area contributed by atoms with Gasteiger partial charge in [-0.05, 0) is 30.5 Å². The van der Waals surface area contributed by atoms with E-state index in [1.54, 1.807) is 31.3 Å². The van der Waals surface area contributed by atoms with Crippen LogP contribution in [0.25, 0.3) is 0 Å². The minimum absolute atomic E-state index is 0.207. The van der Waals surface area contributed by atoms with Crippen LogP contribution in [-0.4, -0.2) is 57.0 Å². The van der Waals surface area contributed by atoms with Crippen LogP contribution < -0.4 is 10.1 Å². The molecule has 1 aromatic rings. The lowest BCUT2D eigenvalue weighted by molar-refractivity contribution is -0.153. The molecule has 5 nitrogen and oxygen atoms in total. The molecule has 144 valence electrons. The molecule has 2 aliphatic heterocycles. The van der Waals surface area contributed by atoms with E-state index in [1.165, 1.54) is 0 Å². The summed E-state index contributed by atoms with van der Waals surface area (Å²) in [5.74, 6) is 1.05. The molecule has 0 bridgehead atoms. The molecule has 1 atom stereocenters. The van der Waals surface area contributed by atoms with E-state index in [1.807, 2.05) is 0 Å². The molecule has 2 fully saturated rings. The third kappa shape index (κ3) is 4.81. The largest absolute Gasteiger partial charge is 0.484 e. The van der Waals surface area contributed by atoms with Crippen molar-refractivity contribution in [2.75, 3.05) is 40.0 Å². The molecular formula is C18H24F3N3O2. The number of alkyl halides is 3. The Hall–Kier alpha value is -1.96. The summed E-state index contributed by atoms with van der Waals surface area (Å²) >= 11 is 0. The summed E-state index contributed by atoms with van der Waals surface area (Å²) in [5, 5.41) is 3.32. The fraction of sp³-hybridized carbons (Fsp3) is 0.611. The van der Waals surface area contributed by atoms with Crippen molar-refractivity contribution in [1.82, 2.24) is 10.2 Å². The molecule has 1 unspecified atom stereocenters. The van der Waals surface area contributed by atoms with Crippen LogP contribution in [-0.2, 0) is 11.3 Å². The van der Waals surface area contributed by atoms with Crippen molar-refractivity contribution in [3.63, 3.8) is 0 Å². The third-order valence-corrected chi connectivity index (χ3v) is 4.91. The summed E-state index contributed by atoms with van der Waals surface area (Å²) in [6, 6.07) is 6.60. The topological polar surface area (TPSA) is 46.1 Å². The third-order valence-electron chi connectivity index (χ3n) is 4.91. The predicted molar refractivity (Wildman–Crippen MR) is 92.2 cm³/mol. The zero-order valence-corrected chi connectivity index (χ0v) is 14.8. The predicted octanol–water partition coefficient (Wildman–Crippen LogP) is 2.82. The van der Waals surface area contributed by atoms with Gasteiger partial charge in [-0.1, -0.05) is 12.1 Å². The number of nitrogens with zero attached hydrogens (tertiary/aromatic N) is 2. The molecule has 1 N–H and O–H groups in total. The molecule has 1 spiro atoms. The Kier molecular flexibility index (Phi) is 5.60. The Bertz CT molecular complexity index is 626. The highest BCUT2D eigenvalue weighted by Gasteiger charge is 2.42. The van der Waals surface area contributed by atoms with Crippen LogP contribution >= 0.6 is 0 Å². The molecule has 2 saturated heterocycles. The van der Waals surface area contributed by atoms with Crippen molar-refractivity contribution >= 4 is 5.96 Å². The number of guanidine groups is 1. The van der Waals surface area contributed by atoms with Gasteiger partial charge in [0.25, 0.3) is 0 Å². The molecule has 0 saturated carbocycles. The van der Waals surface area contributed by atoms with Gasteiger partial charge in [-0.15, -0.1) is 0 Å². The highest BCUT2D eigenvalue weighted by atomic mass is 19.4. The summed E-state index contributed by atoms with van der Waals surface area (Å²) in [7, 11) is 1.76. The van der Waals surface area contributed by atoms with Gasteiger partial charge in [0.1, 0.15) is 5.75 Å². The molecule has 8 heteroatoms. The first-order valence-electron chi connectivity index (χ1n) is 8.71. The number of rotatable bonds is 4. The molecule has 2 heterocycles. The summed E-state index contributed by atoms with van der Waals surface area (Å²) in [6.07, 6.45) is -2.12. The molecule has 3 rings (SSSR count). The minimum Gasteiger partial charge on any atom is -0.484 e. The van der Waals surface area contributed by atoms with E-state index in [9.17, 15) is 13.2 Å². The van der Waals surface area contributed by atoms with Crippen LogP contribution in [0.2, 0.25) is 0 Å². The van der Waals surface area contributed by atoms with Gasteiger partial charge in [0.2, 0.25) is 0 Å². The van der Waals surface area contributed by atoms with Gasteiger partial charge in [-0.3, -0.25) is 4.99 Å². The van der Waals surface area contributed by atoms with E-state index in [2.05, 4.69) is 15.2 Å². The first-order valence-corrected chi connectivity index (χ1v) is 8.71. The Balaban J connectivity index is 1.49. The first-order chi connectivity index (χ1) is 12.4. The van der Waals surface area contributed by atoms with E-state index >= 15 is 0 Å².